The van der Waals surface area contributed by atoms with Crippen LogP contribution in [0.2, 0.25) is 0 Å². The van der Waals surface area contributed by atoms with E-state index < -0.39 is 5.91 Å². The smallest absolute Gasteiger partial charge is 0.275 e. The van der Waals surface area contributed by atoms with Gasteiger partial charge in [0.05, 0.1) is 10.8 Å². The van der Waals surface area contributed by atoms with Crippen LogP contribution in [0.4, 0.5) is 5.95 Å². The van der Waals surface area contributed by atoms with Crippen molar-refractivity contribution in [3.63, 3.8) is 0 Å². The molecule has 3 aromatic rings. The second kappa shape index (κ2) is 7.31. The lowest BCUT2D eigenvalue weighted by atomic mass is 10.2. The summed E-state index contributed by atoms with van der Waals surface area (Å²) in [6.07, 6.45) is 4.23. The molecular formula is C19H18BrN5O3. The fourth-order valence-electron chi connectivity index (χ4n) is 2.77. The molecule has 28 heavy (non-hydrogen) atoms. The Balaban J connectivity index is 1.65. The van der Waals surface area contributed by atoms with Crippen molar-refractivity contribution in [2.75, 3.05) is 5.32 Å². The maximum atomic E-state index is 12.8. The zero-order valence-electron chi connectivity index (χ0n) is 15.3. The lowest BCUT2D eigenvalue weighted by molar-refractivity contribution is -0.117. The van der Waals surface area contributed by atoms with Gasteiger partial charge in [-0.15, -0.1) is 5.10 Å². The van der Waals surface area contributed by atoms with Crippen LogP contribution in [0, 0.1) is 12.8 Å². The second-order valence-electron chi connectivity index (χ2n) is 6.96. The van der Waals surface area contributed by atoms with Crippen LogP contribution in [0.15, 0.2) is 39.9 Å². The fourth-order valence-corrected chi connectivity index (χ4v) is 3.14. The number of aryl methyl sites for hydroxylation is 1. The summed E-state index contributed by atoms with van der Waals surface area (Å²) in [5.41, 5.74) is 0.520. The van der Waals surface area contributed by atoms with Gasteiger partial charge in [-0.05, 0) is 43.0 Å². The number of anilines is 1. The van der Waals surface area contributed by atoms with Crippen molar-refractivity contribution in [1.29, 1.82) is 0 Å². The number of carbonyl (C=O) groups is 1. The summed E-state index contributed by atoms with van der Waals surface area (Å²) >= 11 is 3.42. The Morgan fingerprint density at radius 3 is 2.71 bits per heavy atom. The van der Waals surface area contributed by atoms with E-state index in [4.69, 9.17) is 4.74 Å². The van der Waals surface area contributed by atoms with Gasteiger partial charge in [-0.25, -0.2) is 14.6 Å². The molecule has 1 saturated carbocycles. The maximum absolute atomic E-state index is 12.8. The summed E-state index contributed by atoms with van der Waals surface area (Å²) in [5, 5.41) is 7.95. The Kier molecular flexibility index (Phi) is 4.84. The van der Waals surface area contributed by atoms with E-state index in [1.807, 2.05) is 6.92 Å². The van der Waals surface area contributed by atoms with E-state index in [9.17, 15) is 9.59 Å². The van der Waals surface area contributed by atoms with Gasteiger partial charge in [0, 0.05) is 16.9 Å². The fraction of sp³-hybridized carbons (Fsp3) is 0.316. The van der Waals surface area contributed by atoms with E-state index in [0.29, 0.717) is 22.6 Å². The van der Waals surface area contributed by atoms with Crippen LogP contribution in [0.3, 0.4) is 0 Å². The van der Waals surface area contributed by atoms with E-state index in [1.54, 1.807) is 30.6 Å². The molecule has 0 spiro atoms. The highest BCUT2D eigenvalue weighted by Gasteiger charge is 2.36. The molecule has 1 aromatic carbocycles. The average molecular weight is 444 g/mol. The first-order chi connectivity index (χ1) is 13.4. The predicted molar refractivity (Wildman–Crippen MR) is 107 cm³/mol. The summed E-state index contributed by atoms with van der Waals surface area (Å²) in [4.78, 5) is 33.2. The molecule has 8 nitrogen and oxygen atoms in total. The number of hydrogen-bond donors (Lipinski definition) is 1. The molecule has 1 unspecified atom stereocenters. The van der Waals surface area contributed by atoms with E-state index >= 15 is 0 Å². The van der Waals surface area contributed by atoms with Crippen molar-refractivity contribution in [3.05, 3.63) is 51.0 Å². The van der Waals surface area contributed by atoms with Crippen LogP contribution < -0.4 is 15.6 Å². The van der Waals surface area contributed by atoms with Crippen molar-refractivity contribution in [1.82, 2.24) is 19.7 Å². The van der Waals surface area contributed by atoms with Crippen LogP contribution in [-0.2, 0) is 11.3 Å². The Bertz CT molecular complexity index is 1110. The number of ether oxygens (including phenoxy) is 1. The lowest BCUT2D eigenvalue weighted by Gasteiger charge is -2.12. The standard InChI is InChI=1S/C19H18BrN5O3/c1-10-7-21-19(22-8-10)23-16(26)9-25-18(27)13-4-3-12(20)6-14(13)17(24-25)28-15-5-11(15)2/h3-4,6-8,11,15H,5,9H2,1-2H3,(H,21,22,23,26)/t11?,15-/m1/s1. The van der Waals surface area contributed by atoms with Gasteiger partial charge in [0.15, 0.2) is 0 Å². The molecule has 2 heterocycles. The molecule has 1 N–H and O–H groups in total. The molecule has 1 aliphatic carbocycles. The van der Waals surface area contributed by atoms with Gasteiger partial charge in [-0.2, -0.15) is 0 Å². The third-order valence-corrected chi connectivity index (χ3v) is 5.01. The van der Waals surface area contributed by atoms with E-state index in [0.717, 1.165) is 21.1 Å². The number of benzene rings is 1. The van der Waals surface area contributed by atoms with Crippen molar-refractivity contribution < 1.29 is 9.53 Å². The van der Waals surface area contributed by atoms with E-state index in [1.165, 1.54) is 0 Å². The monoisotopic (exact) mass is 443 g/mol. The highest BCUT2D eigenvalue weighted by atomic mass is 79.9. The molecule has 0 radical (unpaired) electrons. The molecule has 1 amide bonds. The number of amides is 1. The number of aromatic nitrogens is 4. The minimum atomic E-state index is -0.444. The van der Waals surface area contributed by atoms with Crippen LogP contribution in [0.25, 0.3) is 10.8 Å². The molecule has 0 bridgehead atoms. The van der Waals surface area contributed by atoms with E-state index in [-0.39, 0.29) is 24.2 Å². The molecule has 144 valence electrons. The zero-order valence-corrected chi connectivity index (χ0v) is 16.9. The average Bonchev–Trinajstić information content (AvgIpc) is 3.35. The molecule has 4 rings (SSSR count). The molecule has 0 saturated heterocycles. The first-order valence-electron chi connectivity index (χ1n) is 8.86. The van der Waals surface area contributed by atoms with Gasteiger partial charge < -0.3 is 4.74 Å². The first-order valence-corrected chi connectivity index (χ1v) is 9.65. The molecule has 1 fully saturated rings. The Hall–Kier alpha value is -2.81. The third kappa shape index (κ3) is 3.89. The maximum Gasteiger partial charge on any atom is 0.275 e. The van der Waals surface area contributed by atoms with Gasteiger partial charge in [0.1, 0.15) is 12.6 Å². The summed E-state index contributed by atoms with van der Waals surface area (Å²) in [7, 11) is 0. The summed E-state index contributed by atoms with van der Waals surface area (Å²) < 4.78 is 7.90. The van der Waals surface area contributed by atoms with Crippen molar-refractivity contribution in [2.45, 2.75) is 32.9 Å². The third-order valence-electron chi connectivity index (χ3n) is 4.51. The van der Waals surface area contributed by atoms with Crippen molar-refractivity contribution in [2.24, 2.45) is 5.92 Å². The number of hydrogen-bond acceptors (Lipinski definition) is 6. The van der Waals surface area contributed by atoms with Crippen LogP contribution in [0.1, 0.15) is 18.9 Å². The first kappa shape index (κ1) is 18.5. The number of fused-ring (bicyclic) bond motifs is 1. The molecular weight excluding hydrogens is 426 g/mol. The number of nitrogens with one attached hydrogen (secondary N) is 1. The number of carbonyl (C=O) groups excluding carboxylic acids is 1. The highest BCUT2D eigenvalue weighted by molar-refractivity contribution is 9.10. The molecule has 0 aliphatic heterocycles. The predicted octanol–water partition coefficient (Wildman–Crippen LogP) is 2.68. The summed E-state index contributed by atoms with van der Waals surface area (Å²) in [6.45, 7) is 3.68. The van der Waals surface area contributed by atoms with Gasteiger partial charge in [0.25, 0.3) is 5.56 Å². The quantitative estimate of drug-likeness (QED) is 0.650. The van der Waals surface area contributed by atoms with Crippen molar-refractivity contribution >= 4 is 38.6 Å². The Labute approximate surface area is 169 Å². The highest BCUT2D eigenvalue weighted by Crippen LogP contribution is 2.35. The normalized spacial score (nSPS) is 18.1. The largest absolute Gasteiger partial charge is 0.473 e. The molecule has 1 aliphatic rings. The van der Waals surface area contributed by atoms with Gasteiger partial charge in [-0.3, -0.25) is 14.9 Å². The van der Waals surface area contributed by atoms with Crippen LogP contribution in [-0.4, -0.2) is 31.8 Å². The van der Waals surface area contributed by atoms with Gasteiger partial charge >= 0.3 is 0 Å². The SMILES string of the molecule is Cc1cnc(NC(=O)Cn2nc(O[C@@H]3CC3C)c3cc(Br)ccc3c2=O)nc1. The molecule has 2 aromatic heterocycles. The Morgan fingerprint density at radius 2 is 2.04 bits per heavy atom. The Morgan fingerprint density at radius 1 is 1.32 bits per heavy atom. The van der Waals surface area contributed by atoms with Crippen molar-refractivity contribution in [3.8, 4) is 5.88 Å². The topological polar surface area (TPSA) is 99.0 Å². The second-order valence-corrected chi connectivity index (χ2v) is 7.88. The lowest BCUT2D eigenvalue weighted by Crippen LogP contribution is -2.30. The zero-order chi connectivity index (χ0) is 19.8. The van der Waals surface area contributed by atoms with E-state index in [2.05, 4.69) is 43.2 Å². The van der Waals surface area contributed by atoms with Gasteiger partial charge in [-0.1, -0.05) is 22.9 Å². The molecule has 9 heteroatoms. The molecule has 2 atom stereocenters. The number of nitrogens with zero attached hydrogens (tertiary/aromatic N) is 4. The minimum absolute atomic E-state index is 0.0791. The van der Waals surface area contributed by atoms with Gasteiger partial charge in [0.2, 0.25) is 17.7 Å². The number of halogens is 1. The summed E-state index contributed by atoms with van der Waals surface area (Å²) in [5.74, 6) is 0.535. The summed E-state index contributed by atoms with van der Waals surface area (Å²) in [6, 6.07) is 5.28. The van der Waals surface area contributed by atoms with Crippen LogP contribution >= 0.6 is 15.9 Å². The van der Waals surface area contributed by atoms with Crippen LogP contribution in [0.5, 0.6) is 5.88 Å². The minimum Gasteiger partial charge on any atom is -0.473 e. The number of rotatable bonds is 5.